The van der Waals surface area contributed by atoms with E-state index in [1.807, 2.05) is 6.07 Å². The molecule has 0 aliphatic heterocycles. The number of aromatic nitrogens is 1. The number of anilines is 1. The molecule has 0 spiro atoms. The van der Waals surface area contributed by atoms with Gasteiger partial charge in [-0.05, 0) is 48.9 Å². The van der Waals surface area contributed by atoms with Crippen LogP contribution in [0, 0.1) is 6.92 Å². The average Bonchev–Trinajstić information content (AvgIpc) is 3.06. The molecule has 0 fully saturated rings. The van der Waals surface area contributed by atoms with Crippen LogP contribution in [0.15, 0.2) is 72.8 Å². The second-order valence-corrected chi connectivity index (χ2v) is 6.93. The van der Waals surface area contributed by atoms with Crippen LogP contribution in [0.25, 0.3) is 20.8 Å². The lowest BCUT2D eigenvalue weighted by Gasteiger charge is -2.07. The van der Waals surface area contributed by atoms with Crippen LogP contribution in [0.1, 0.15) is 11.1 Å². The number of hydrogen-bond acceptors (Lipinski definition) is 3. The summed E-state index contributed by atoms with van der Waals surface area (Å²) in [5.41, 5.74) is 5.94. The Bertz CT molecular complexity index is 920. The standard InChI is InChI=1S/C21H18N2S/c1-15-6-8-16(9-7-15)14-22-18-12-10-17(11-13-18)21-23-19-4-2-3-5-20(19)24-21/h2-13,22H,14H2,1H3. The van der Waals surface area contributed by atoms with Crippen LogP contribution in [-0.4, -0.2) is 4.98 Å². The molecule has 1 N–H and O–H groups in total. The second-order valence-electron chi connectivity index (χ2n) is 5.90. The van der Waals surface area contributed by atoms with Gasteiger partial charge in [-0.1, -0.05) is 42.0 Å². The highest BCUT2D eigenvalue weighted by Crippen LogP contribution is 2.30. The monoisotopic (exact) mass is 330 g/mol. The second kappa shape index (κ2) is 6.46. The van der Waals surface area contributed by atoms with Gasteiger partial charge in [-0.15, -0.1) is 11.3 Å². The number of aryl methyl sites for hydroxylation is 1. The minimum absolute atomic E-state index is 0.834. The Kier molecular flexibility index (Phi) is 4.01. The van der Waals surface area contributed by atoms with E-state index >= 15 is 0 Å². The molecule has 0 unspecified atom stereocenters. The van der Waals surface area contributed by atoms with E-state index in [-0.39, 0.29) is 0 Å². The third-order valence-corrected chi connectivity index (χ3v) is 5.13. The van der Waals surface area contributed by atoms with E-state index < -0.39 is 0 Å². The molecule has 0 aliphatic carbocycles. The fourth-order valence-corrected chi connectivity index (χ4v) is 3.61. The Morgan fingerprint density at radius 1 is 0.875 bits per heavy atom. The summed E-state index contributed by atoms with van der Waals surface area (Å²) in [6.07, 6.45) is 0. The summed E-state index contributed by atoms with van der Waals surface area (Å²) in [6, 6.07) is 25.4. The van der Waals surface area contributed by atoms with Crippen LogP contribution in [0.3, 0.4) is 0 Å². The highest BCUT2D eigenvalue weighted by Gasteiger charge is 2.05. The van der Waals surface area contributed by atoms with Gasteiger partial charge in [0.25, 0.3) is 0 Å². The maximum atomic E-state index is 4.71. The van der Waals surface area contributed by atoms with Gasteiger partial charge >= 0.3 is 0 Å². The first-order chi connectivity index (χ1) is 11.8. The number of nitrogens with one attached hydrogen (secondary N) is 1. The number of thiazole rings is 1. The number of benzene rings is 3. The van der Waals surface area contributed by atoms with Crippen molar-refractivity contribution in [2.75, 3.05) is 5.32 Å². The Hall–Kier alpha value is -2.65. The number of hydrogen-bond donors (Lipinski definition) is 1. The number of rotatable bonds is 4. The van der Waals surface area contributed by atoms with Gasteiger partial charge < -0.3 is 5.32 Å². The molecule has 1 aromatic heterocycles. The molecule has 0 atom stereocenters. The summed E-state index contributed by atoms with van der Waals surface area (Å²) in [5.74, 6) is 0. The van der Waals surface area contributed by atoms with Gasteiger partial charge in [-0.3, -0.25) is 0 Å². The van der Waals surface area contributed by atoms with Crippen LogP contribution in [0.2, 0.25) is 0 Å². The first-order valence-electron chi connectivity index (χ1n) is 8.03. The molecule has 2 nitrogen and oxygen atoms in total. The van der Waals surface area contributed by atoms with Gasteiger partial charge in [0.05, 0.1) is 10.2 Å². The van der Waals surface area contributed by atoms with E-state index in [1.165, 1.54) is 15.8 Å². The highest BCUT2D eigenvalue weighted by molar-refractivity contribution is 7.21. The average molecular weight is 330 g/mol. The van der Waals surface area contributed by atoms with Crippen molar-refractivity contribution in [1.82, 2.24) is 4.98 Å². The van der Waals surface area contributed by atoms with E-state index in [2.05, 4.69) is 79.0 Å². The van der Waals surface area contributed by atoms with Crippen molar-refractivity contribution in [2.45, 2.75) is 13.5 Å². The van der Waals surface area contributed by atoms with Crippen LogP contribution >= 0.6 is 11.3 Å². The van der Waals surface area contributed by atoms with E-state index in [0.717, 1.165) is 28.3 Å². The third-order valence-electron chi connectivity index (χ3n) is 4.04. The summed E-state index contributed by atoms with van der Waals surface area (Å²) in [5, 5.41) is 4.54. The van der Waals surface area contributed by atoms with Gasteiger partial charge in [0.1, 0.15) is 5.01 Å². The quantitative estimate of drug-likeness (QED) is 0.505. The van der Waals surface area contributed by atoms with Gasteiger partial charge in [0.15, 0.2) is 0 Å². The molecule has 0 radical (unpaired) electrons. The van der Waals surface area contributed by atoms with E-state index in [4.69, 9.17) is 4.98 Å². The van der Waals surface area contributed by atoms with Crippen LogP contribution in [0.4, 0.5) is 5.69 Å². The highest BCUT2D eigenvalue weighted by atomic mass is 32.1. The predicted octanol–water partition coefficient (Wildman–Crippen LogP) is 5.88. The first kappa shape index (κ1) is 14.9. The third kappa shape index (κ3) is 3.17. The summed E-state index contributed by atoms with van der Waals surface area (Å²) >= 11 is 1.74. The van der Waals surface area contributed by atoms with Crippen LogP contribution in [0.5, 0.6) is 0 Å². The molecule has 3 aromatic carbocycles. The van der Waals surface area contributed by atoms with Gasteiger partial charge in [0.2, 0.25) is 0 Å². The van der Waals surface area contributed by atoms with Gasteiger partial charge in [0, 0.05) is 17.8 Å². The van der Waals surface area contributed by atoms with Crippen LogP contribution < -0.4 is 5.32 Å². The summed E-state index contributed by atoms with van der Waals surface area (Å²) < 4.78 is 1.23. The fourth-order valence-electron chi connectivity index (χ4n) is 2.64. The van der Waals surface area contributed by atoms with Gasteiger partial charge in [-0.2, -0.15) is 0 Å². The van der Waals surface area contributed by atoms with Crippen molar-refractivity contribution < 1.29 is 0 Å². The molecule has 1 heterocycles. The molecule has 4 rings (SSSR count). The topological polar surface area (TPSA) is 24.9 Å². The molecule has 4 aromatic rings. The lowest BCUT2D eigenvalue weighted by molar-refractivity contribution is 1.14. The number of nitrogens with zero attached hydrogens (tertiary/aromatic N) is 1. The zero-order valence-electron chi connectivity index (χ0n) is 13.5. The van der Waals surface area contributed by atoms with Crippen molar-refractivity contribution in [3.63, 3.8) is 0 Å². The molecule has 3 heteroatoms. The van der Waals surface area contributed by atoms with Crippen molar-refractivity contribution in [2.24, 2.45) is 0 Å². The first-order valence-corrected chi connectivity index (χ1v) is 8.85. The maximum Gasteiger partial charge on any atom is 0.124 e. The molecule has 0 bridgehead atoms. The molecular formula is C21H18N2S. The van der Waals surface area contributed by atoms with Crippen molar-refractivity contribution >= 4 is 27.2 Å². The maximum absolute atomic E-state index is 4.71. The predicted molar refractivity (Wildman–Crippen MR) is 104 cm³/mol. The molecular weight excluding hydrogens is 312 g/mol. The van der Waals surface area contributed by atoms with Crippen molar-refractivity contribution in [3.8, 4) is 10.6 Å². The number of para-hydroxylation sites is 1. The minimum atomic E-state index is 0.834. The van der Waals surface area contributed by atoms with E-state index in [9.17, 15) is 0 Å². The SMILES string of the molecule is Cc1ccc(CNc2ccc(-c3nc4ccccc4s3)cc2)cc1. The molecule has 118 valence electrons. The van der Waals surface area contributed by atoms with Crippen LogP contribution in [-0.2, 0) is 6.54 Å². The number of fused-ring (bicyclic) bond motifs is 1. The summed E-state index contributed by atoms with van der Waals surface area (Å²) in [7, 11) is 0. The zero-order chi connectivity index (χ0) is 16.4. The van der Waals surface area contributed by atoms with Gasteiger partial charge in [-0.25, -0.2) is 4.98 Å². The van der Waals surface area contributed by atoms with E-state index in [0.29, 0.717) is 0 Å². The largest absolute Gasteiger partial charge is 0.381 e. The lowest BCUT2D eigenvalue weighted by Crippen LogP contribution is -1.98. The fraction of sp³-hybridized carbons (Fsp3) is 0.0952. The molecule has 0 aliphatic rings. The molecule has 0 amide bonds. The summed E-state index contributed by atoms with van der Waals surface area (Å²) in [6.45, 7) is 2.94. The molecule has 0 saturated carbocycles. The Balaban J connectivity index is 1.48. The molecule has 24 heavy (non-hydrogen) atoms. The van der Waals surface area contributed by atoms with Crippen molar-refractivity contribution in [1.29, 1.82) is 0 Å². The molecule has 0 saturated heterocycles. The summed E-state index contributed by atoms with van der Waals surface area (Å²) in [4.78, 5) is 4.71. The Labute approximate surface area is 145 Å². The Morgan fingerprint density at radius 2 is 1.62 bits per heavy atom. The van der Waals surface area contributed by atoms with E-state index in [1.54, 1.807) is 11.3 Å². The van der Waals surface area contributed by atoms with Crippen molar-refractivity contribution in [3.05, 3.63) is 83.9 Å². The smallest absolute Gasteiger partial charge is 0.124 e. The lowest BCUT2D eigenvalue weighted by atomic mass is 10.1. The normalized spacial score (nSPS) is 10.9. The minimum Gasteiger partial charge on any atom is -0.381 e. The zero-order valence-corrected chi connectivity index (χ0v) is 14.3. The Morgan fingerprint density at radius 3 is 2.38 bits per heavy atom.